The predicted octanol–water partition coefficient (Wildman–Crippen LogP) is 4.60. The second-order valence-corrected chi connectivity index (χ2v) is 12.2. The smallest absolute Gasteiger partial charge is 0.410 e. The van der Waals surface area contributed by atoms with Gasteiger partial charge in [-0.25, -0.2) is 9.59 Å². The quantitative estimate of drug-likeness (QED) is 0.283. The van der Waals surface area contributed by atoms with Crippen molar-refractivity contribution >= 4 is 23.6 Å². The van der Waals surface area contributed by atoms with Gasteiger partial charge in [0.25, 0.3) is 5.69 Å². The lowest BCUT2D eigenvalue weighted by Crippen LogP contribution is -2.57. The predicted molar refractivity (Wildman–Crippen MR) is 158 cm³/mol. The number of nitrogen functional groups attached to an aromatic ring is 1. The zero-order chi connectivity index (χ0) is 32.8. The Morgan fingerprint density at radius 2 is 1.23 bits per heavy atom. The molecule has 2 saturated heterocycles. The van der Waals surface area contributed by atoms with Gasteiger partial charge in [0, 0.05) is 17.8 Å². The lowest BCUT2D eigenvalue weighted by Gasteiger charge is -2.39. The van der Waals surface area contributed by atoms with Gasteiger partial charge in [-0.05, 0) is 65.8 Å². The SMILES string of the molecule is CC(C)(C)OC(=O)N1CC(Oc2ccc(N)cc2C#N)C1.CC(C)(C)OC(=O)N1CC(Oc2ccc([N+](=O)[O-])cc2C#N)C1. The first-order valence-electron chi connectivity index (χ1n) is 13.8. The molecule has 2 heterocycles. The summed E-state index contributed by atoms with van der Waals surface area (Å²) in [5.74, 6) is 0.757. The molecule has 0 radical (unpaired) electrons. The molecule has 2 aromatic carbocycles. The number of nitro groups is 1. The monoisotopic (exact) mass is 608 g/mol. The number of benzene rings is 2. The summed E-state index contributed by atoms with van der Waals surface area (Å²) >= 11 is 0. The topological polar surface area (TPSA) is 194 Å². The lowest BCUT2D eigenvalue weighted by atomic mass is 10.1. The van der Waals surface area contributed by atoms with Crippen molar-refractivity contribution in [2.75, 3.05) is 31.9 Å². The molecule has 2 aliphatic rings. The Hall–Kier alpha value is -5.24. The molecule has 2 aromatic rings. The number of rotatable bonds is 5. The van der Waals surface area contributed by atoms with Gasteiger partial charge in [-0.2, -0.15) is 10.5 Å². The maximum atomic E-state index is 11.8. The molecular formula is C30H36N6O8. The zero-order valence-electron chi connectivity index (χ0n) is 25.5. The molecule has 2 fully saturated rings. The van der Waals surface area contributed by atoms with Gasteiger partial charge in [-0.15, -0.1) is 0 Å². The van der Waals surface area contributed by atoms with Gasteiger partial charge < -0.3 is 34.5 Å². The van der Waals surface area contributed by atoms with Crippen LogP contribution in [0.15, 0.2) is 36.4 Å². The zero-order valence-corrected chi connectivity index (χ0v) is 25.5. The average molecular weight is 609 g/mol. The summed E-state index contributed by atoms with van der Waals surface area (Å²) in [6.45, 7) is 12.4. The summed E-state index contributed by atoms with van der Waals surface area (Å²) in [6.07, 6.45) is -1.16. The highest BCUT2D eigenvalue weighted by atomic mass is 16.6. The average Bonchev–Trinajstić information content (AvgIpc) is 2.86. The Kier molecular flexibility index (Phi) is 10.1. The number of ether oxygens (including phenoxy) is 4. The van der Waals surface area contributed by atoms with Crippen LogP contribution in [-0.2, 0) is 9.47 Å². The molecule has 0 aliphatic carbocycles. The minimum Gasteiger partial charge on any atom is -0.485 e. The molecular weight excluding hydrogens is 572 g/mol. The summed E-state index contributed by atoms with van der Waals surface area (Å²) < 4.78 is 21.8. The number of nitro benzene ring substituents is 1. The van der Waals surface area contributed by atoms with Crippen molar-refractivity contribution in [3.63, 3.8) is 0 Å². The third kappa shape index (κ3) is 9.39. The normalized spacial score (nSPS) is 14.8. The van der Waals surface area contributed by atoms with Gasteiger partial charge in [0.1, 0.15) is 52.6 Å². The van der Waals surface area contributed by atoms with Gasteiger partial charge in [0.15, 0.2) is 0 Å². The first-order chi connectivity index (χ1) is 20.5. The highest BCUT2D eigenvalue weighted by molar-refractivity contribution is 5.70. The van der Waals surface area contributed by atoms with E-state index in [1.807, 2.05) is 32.9 Å². The number of nitrogens with zero attached hydrogens (tertiary/aromatic N) is 5. The summed E-state index contributed by atoms with van der Waals surface area (Å²) in [4.78, 5) is 36.8. The van der Waals surface area contributed by atoms with Crippen LogP contribution in [-0.4, -0.2) is 76.5 Å². The van der Waals surface area contributed by atoms with Crippen molar-refractivity contribution in [3.8, 4) is 23.6 Å². The number of non-ortho nitro benzene ring substituents is 1. The van der Waals surface area contributed by atoms with Crippen LogP contribution in [0.2, 0.25) is 0 Å². The Bertz CT molecular complexity index is 1470. The number of hydrogen-bond acceptors (Lipinski definition) is 11. The van der Waals surface area contributed by atoms with Crippen LogP contribution >= 0.6 is 0 Å². The molecule has 234 valence electrons. The fourth-order valence-electron chi connectivity index (χ4n) is 3.89. The van der Waals surface area contributed by atoms with Crippen molar-refractivity contribution in [2.24, 2.45) is 0 Å². The van der Waals surface area contributed by atoms with Crippen LogP contribution in [0.25, 0.3) is 0 Å². The van der Waals surface area contributed by atoms with Gasteiger partial charge in [-0.3, -0.25) is 10.1 Å². The van der Waals surface area contributed by atoms with Gasteiger partial charge in [0.05, 0.1) is 36.7 Å². The van der Waals surface area contributed by atoms with Gasteiger partial charge in [0.2, 0.25) is 0 Å². The molecule has 2 amide bonds. The third-order valence-electron chi connectivity index (χ3n) is 6.01. The number of nitrogens with two attached hydrogens (primary N) is 1. The van der Waals surface area contributed by atoms with E-state index in [-0.39, 0.29) is 35.3 Å². The van der Waals surface area contributed by atoms with Gasteiger partial charge in [-0.1, -0.05) is 0 Å². The molecule has 2 aliphatic heterocycles. The molecule has 0 spiro atoms. The summed E-state index contributed by atoms with van der Waals surface area (Å²) in [6, 6.07) is 12.7. The van der Waals surface area contributed by atoms with E-state index in [2.05, 4.69) is 0 Å². The van der Waals surface area contributed by atoms with Crippen molar-refractivity contribution in [3.05, 3.63) is 57.6 Å². The third-order valence-corrected chi connectivity index (χ3v) is 6.01. The van der Waals surface area contributed by atoms with E-state index < -0.39 is 22.2 Å². The lowest BCUT2D eigenvalue weighted by molar-refractivity contribution is -0.384. The Morgan fingerprint density at radius 1 is 0.818 bits per heavy atom. The van der Waals surface area contributed by atoms with Crippen LogP contribution in [0.4, 0.5) is 21.0 Å². The van der Waals surface area contributed by atoms with E-state index in [0.29, 0.717) is 43.2 Å². The van der Waals surface area contributed by atoms with E-state index >= 15 is 0 Å². The molecule has 0 unspecified atom stereocenters. The highest BCUT2D eigenvalue weighted by Crippen LogP contribution is 2.27. The van der Waals surface area contributed by atoms with E-state index in [4.69, 9.17) is 35.2 Å². The van der Waals surface area contributed by atoms with E-state index in [9.17, 15) is 19.7 Å². The van der Waals surface area contributed by atoms with E-state index in [0.717, 1.165) is 0 Å². The van der Waals surface area contributed by atoms with Crippen LogP contribution in [0.3, 0.4) is 0 Å². The molecule has 44 heavy (non-hydrogen) atoms. The molecule has 14 nitrogen and oxygen atoms in total. The van der Waals surface area contributed by atoms with Crippen LogP contribution in [0.1, 0.15) is 52.7 Å². The fraction of sp³-hybridized carbons (Fsp3) is 0.467. The molecule has 0 saturated carbocycles. The van der Waals surface area contributed by atoms with Crippen LogP contribution < -0.4 is 15.2 Å². The van der Waals surface area contributed by atoms with Crippen molar-refractivity contribution in [1.29, 1.82) is 10.5 Å². The number of nitriles is 2. The summed E-state index contributed by atoms with van der Waals surface area (Å²) in [7, 11) is 0. The van der Waals surface area contributed by atoms with Crippen molar-refractivity contribution in [1.82, 2.24) is 9.80 Å². The first-order valence-corrected chi connectivity index (χ1v) is 13.8. The first kappa shape index (κ1) is 33.3. The standard InChI is InChI=1S/C15H17N3O5.C15H19N3O3/c1-15(2,3)23-14(19)17-8-12(9-17)22-13-5-4-11(18(20)21)6-10(13)7-16;1-15(2,3)21-14(19)18-8-12(9-18)20-13-5-4-11(17)6-10(13)7-16/h4-6,12H,8-9H2,1-3H3;4-6,12H,8-9,17H2,1-3H3. The van der Waals surface area contributed by atoms with Crippen LogP contribution in [0, 0.1) is 32.8 Å². The number of amides is 2. The summed E-state index contributed by atoms with van der Waals surface area (Å²) in [5.41, 5.74) is 5.39. The second kappa shape index (κ2) is 13.4. The largest absolute Gasteiger partial charge is 0.485 e. The summed E-state index contributed by atoms with van der Waals surface area (Å²) in [5, 5.41) is 28.8. The number of anilines is 1. The van der Waals surface area contributed by atoms with E-state index in [1.54, 1.807) is 43.9 Å². The number of carbonyl (C=O) groups is 2. The molecule has 0 atom stereocenters. The molecule has 0 bridgehead atoms. The van der Waals surface area contributed by atoms with E-state index in [1.165, 1.54) is 23.1 Å². The Labute approximate surface area is 255 Å². The molecule has 0 aromatic heterocycles. The minimum atomic E-state index is -0.571. The van der Waals surface area contributed by atoms with Gasteiger partial charge >= 0.3 is 12.2 Å². The number of carbonyl (C=O) groups excluding carboxylic acids is 2. The Morgan fingerprint density at radius 3 is 1.61 bits per heavy atom. The van der Waals surface area contributed by atoms with Crippen molar-refractivity contribution in [2.45, 2.75) is 65.0 Å². The maximum Gasteiger partial charge on any atom is 0.410 e. The molecule has 4 rings (SSSR count). The molecule has 14 heteroatoms. The highest BCUT2D eigenvalue weighted by Gasteiger charge is 2.36. The van der Waals surface area contributed by atoms with Crippen LogP contribution in [0.5, 0.6) is 11.5 Å². The number of hydrogen-bond donors (Lipinski definition) is 1. The maximum absolute atomic E-state index is 11.8. The second-order valence-electron chi connectivity index (χ2n) is 12.2. The van der Waals surface area contributed by atoms with Crippen molar-refractivity contribution < 1.29 is 33.5 Å². The fourth-order valence-corrected chi connectivity index (χ4v) is 3.89. The molecule has 2 N–H and O–H groups in total. The minimum absolute atomic E-state index is 0.0925. The Balaban J connectivity index is 0.000000241. The number of likely N-dealkylation sites (tertiary alicyclic amines) is 2.